The first-order chi connectivity index (χ1) is 5.43. The topological polar surface area (TPSA) is 36.5 Å². The third-order valence-corrected chi connectivity index (χ3v) is 1.83. The summed E-state index contributed by atoms with van der Waals surface area (Å²) in [6.07, 6.45) is 0. The van der Waals surface area contributed by atoms with Crippen molar-refractivity contribution in [2.45, 2.75) is 0 Å². The van der Waals surface area contributed by atoms with E-state index in [2.05, 4.69) is 15.8 Å². The third-order valence-electron chi connectivity index (χ3n) is 1.83. The molecule has 0 unspecified atom stereocenters. The van der Waals surface area contributed by atoms with E-state index in [0.717, 1.165) is 39.4 Å². The van der Waals surface area contributed by atoms with Crippen LogP contribution in [0.5, 0.6) is 0 Å². The average Bonchev–Trinajstić information content (AvgIpc) is 2.07. The van der Waals surface area contributed by atoms with Gasteiger partial charge in [0.1, 0.15) is 0 Å². The molecular weight excluding hydrogens is 142 g/mol. The highest BCUT2D eigenvalue weighted by Crippen LogP contribution is 1.94. The Morgan fingerprint density at radius 2 is 2.09 bits per heavy atom. The fourth-order valence-corrected chi connectivity index (χ4v) is 1.16. The van der Waals surface area contributed by atoms with E-state index in [1.54, 1.807) is 0 Å². The molecule has 1 saturated heterocycles. The summed E-state index contributed by atoms with van der Waals surface area (Å²) in [7, 11) is 1.89. The lowest BCUT2D eigenvalue weighted by Crippen LogP contribution is -2.42. The maximum Gasteiger partial charge on any atom is 0.0594 e. The predicted molar refractivity (Wildman–Crippen MR) is 44.3 cm³/mol. The lowest BCUT2D eigenvalue weighted by molar-refractivity contribution is 0.0381. The molecule has 0 atom stereocenters. The highest BCUT2D eigenvalue weighted by Gasteiger charge is 2.08. The second-order valence-corrected chi connectivity index (χ2v) is 2.63. The molecule has 1 fully saturated rings. The Hall–Kier alpha value is -0.160. The third kappa shape index (κ3) is 3.67. The van der Waals surface area contributed by atoms with Crippen molar-refractivity contribution < 1.29 is 4.74 Å². The van der Waals surface area contributed by atoms with E-state index in [1.807, 2.05) is 7.05 Å². The van der Waals surface area contributed by atoms with E-state index < -0.39 is 0 Å². The van der Waals surface area contributed by atoms with Crippen molar-refractivity contribution in [1.82, 2.24) is 15.8 Å². The van der Waals surface area contributed by atoms with Crippen molar-refractivity contribution in [3.05, 3.63) is 0 Å². The molecule has 4 heteroatoms. The smallest absolute Gasteiger partial charge is 0.0594 e. The Morgan fingerprint density at radius 1 is 1.36 bits per heavy atom. The highest BCUT2D eigenvalue weighted by molar-refractivity contribution is 4.61. The first-order valence-corrected chi connectivity index (χ1v) is 4.13. The monoisotopic (exact) mass is 159 g/mol. The molecule has 0 aromatic rings. The summed E-state index contributed by atoms with van der Waals surface area (Å²) in [4.78, 5) is 2.40. The van der Waals surface area contributed by atoms with Crippen LogP contribution in [0, 0.1) is 0 Å². The minimum atomic E-state index is 0.888. The van der Waals surface area contributed by atoms with Gasteiger partial charge in [0.05, 0.1) is 13.2 Å². The average molecular weight is 159 g/mol. The normalized spacial score (nSPS) is 20.5. The second kappa shape index (κ2) is 5.49. The van der Waals surface area contributed by atoms with Gasteiger partial charge in [0, 0.05) is 26.2 Å². The summed E-state index contributed by atoms with van der Waals surface area (Å²) in [5.74, 6) is 0. The van der Waals surface area contributed by atoms with Gasteiger partial charge in [-0.05, 0) is 7.05 Å². The minimum absolute atomic E-state index is 0.888. The Bertz CT molecular complexity index is 93.7. The number of morpholine rings is 1. The van der Waals surface area contributed by atoms with Crippen LogP contribution in [0.15, 0.2) is 0 Å². The van der Waals surface area contributed by atoms with Gasteiger partial charge < -0.3 is 4.74 Å². The number of hydrogen-bond acceptors (Lipinski definition) is 4. The van der Waals surface area contributed by atoms with Crippen LogP contribution < -0.4 is 10.9 Å². The molecular formula is C7H17N3O. The number of rotatable bonds is 4. The van der Waals surface area contributed by atoms with Crippen molar-refractivity contribution in [2.24, 2.45) is 0 Å². The zero-order chi connectivity index (χ0) is 7.94. The van der Waals surface area contributed by atoms with E-state index in [4.69, 9.17) is 4.74 Å². The Morgan fingerprint density at radius 3 is 2.73 bits per heavy atom. The summed E-state index contributed by atoms with van der Waals surface area (Å²) in [5.41, 5.74) is 5.96. The van der Waals surface area contributed by atoms with Crippen LogP contribution in [-0.4, -0.2) is 51.3 Å². The summed E-state index contributed by atoms with van der Waals surface area (Å²) in [6, 6.07) is 0. The van der Waals surface area contributed by atoms with Crippen LogP contribution in [0.4, 0.5) is 0 Å². The van der Waals surface area contributed by atoms with Crippen LogP contribution in [-0.2, 0) is 4.74 Å². The molecule has 0 amide bonds. The van der Waals surface area contributed by atoms with E-state index in [9.17, 15) is 0 Å². The van der Waals surface area contributed by atoms with Gasteiger partial charge in [-0.25, -0.2) is 0 Å². The fraction of sp³-hybridized carbons (Fsp3) is 1.00. The molecule has 66 valence electrons. The molecule has 11 heavy (non-hydrogen) atoms. The highest BCUT2D eigenvalue weighted by atomic mass is 16.5. The Balaban J connectivity index is 1.96. The van der Waals surface area contributed by atoms with Crippen LogP contribution in [0.1, 0.15) is 0 Å². The van der Waals surface area contributed by atoms with Gasteiger partial charge in [-0.1, -0.05) is 0 Å². The Kier molecular flexibility index (Phi) is 4.45. The number of ether oxygens (including phenoxy) is 1. The van der Waals surface area contributed by atoms with Gasteiger partial charge in [-0.3, -0.25) is 15.8 Å². The van der Waals surface area contributed by atoms with Gasteiger partial charge in [0.25, 0.3) is 0 Å². The molecule has 1 aliphatic heterocycles. The molecule has 0 radical (unpaired) electrons. The van der Waals surface area contributed by atoms with Gasteiger partial charge in [-0.15, -0.1) is 0 Å². The zero-order valence-corrected chi connectivity index (χ0v) is 7.10. The van der Waals surface area contributed by atoms with Crippen molar-refractivity contribution in [1.29, 1.82) is 0 Å². The molecule has 0 aliphatic carbocycles. The van der Waals surface area contributed by atoms with E-state index >= 15 is 0 Å². The Labute approximate surface area is 67.9 Å². The van der Waals surface area contributed by atoms with Crippen molar-refractivity contribution in [2.75, 3.05) is 46.4 Å². The fourth-order valence-electron chi connectivity index (χ4n) is 1.16. The molecule has 0 aromatic carbocycles. The van der Waals surface area contributed by atoms with Gasteiger partial charge in [-0.2, -0.15) is 0 Å². The van der Waals surface area contributed by atoms with E-state index in [0.29, 0.717) is 0 Å². The van der Waals surface area contributed by atoms with Crippen LogP contribution >= 0.6 is 0 Å². The maximum atomic E-state index is 5.23. The SMILES string of the molecule is CNNCCN1CCOCC1. The van der Waals surface area contributed by atoms with Crippen LogP contribution in [0.3, 0.4) is 0 Å². The quantitative estimate of drug-likeness (QED) is 0.409. The maximum absolute atomic E-state index is 5.23. The number of hydrazine groups is 1. The summed E-state index contributed by atoms with van der Waals surface area (Å²) < 4.78 is 5.23. The zero-order valence-electron chi connectivity index (χ0n) is 7.10. The van der Waals surface area contributed by atoms with Gasteiger partial charge in [0.2, 0.25) is 0 Å². The first kappa shape index (κ1) is 8.93. The molecule has 0 aromatic heterocycles. The first-order valence-electron chi connectivity index (χ1n) is 4.13. The molecule has 4 nitrogen and oxygen atoms in total. The summed E-state index contributed by atoms with van der Waals surface area (Å²) in [6.45, 7) is 6.02. The molecule has 1 heterocycles. The molecule has 1 aliphatic rings. The molecule has 0 bridgehead atoms. The molecule has 0 spiro atoms. The number of nitrogens with zero attached hydrogens (tertiary/aromatic N) is 1. The van der Waals surface area contributed by atoms with Crippen molar-refractivity contribution in [3.8, 4) is 0 Å². The van der Waals surface area contributed by atoms with Crippen molar-refractivity contribution >= 4 is 0 Å². The molecule has 2 N–H and O–H groups in total. The van der Waals surface area contributed by atoms with Crippen LogP contribution in [0.25, 0.3) is 0 Å². The minimum Gasteiger partial charge on any atom is -0.379 e. The van der Waals surface area contributed by atoms with E-state index in [-0.39, 0.29) is 0 Å². The van der Waals surface area contributed by atoms with Gasteiger partial charge in [0.15, 0.2) is 0 Å². The lowest BCUT2D eigenvalue weighted by Gasteiger charge is -2.26. The lowest BCUT2D eigenvalue weighted by atomic mass is 10.4. The standard InChI is InChI=1S/C7H17N3O/c1-8-9-2-3-10-4-6-11-7-5-10/h8-9H,2-7H2,1H3. The largest absolute Gasteiger partial charge is 0.379 e. The molecule has 0 saturated carbocycles. The van der Waals surface area contributed by atoms with Gasteiger partial charge >= 0.3 is 0 Å². The molecule has 1 rings (SSSR count). The van der Waals surface area contributed by atoms with Crippen LogP contribution in [0.2, 0.25) is 0 Å². The number of nitrogens with one attached hydrogen (secondary N) is 2. The summed E-state index contributed by atoms with van der Waals surface area (Å²) in [5, 5.41) is 0. The number of hydrogen-bond donors (Lipinski definition) is 2. The second-order valence-electron chi connectivity index (χ2n) is 2.63. The van der Waals surface area contributed by atoms with E-state index in [1.165, 1.54) is 0 Å². The van der Waals surface area contributed by atoms with Crippen molar-refractivity contribution in [3.63, 3.8) is 0 Å². The summed E-state index contributed by atoms with van der Waals surface area (Å²) >= 11 is 0. The predicted octanol–water partition coefficient (Wildman–Crippen LogP) is -0.957.